The quantitative estimate of drug-likeness (QED) is 0.710. The number of nitrogens with zero attached hydrogens (tertiary/aromatic N) is 1. The van der Waals surface area contributed by atoms with Gasteiger partial charge in [0.1, 0.15) is 0 Å². The molecule has 0 radical (unpaired) electrons. The van der Waals surface area contributed by atoms with E-state index in [1.54, 1.807) is 6.07 Å². The van der Waals surface area contributed by atoms with Crippen molar-refractivity contribution in [2.75, 3.05) is 7.05 Å². The van der Waals surface area contributed by atoms with E-state index in [1.165, 1.54) is 23.5 Å². The van der Waals surface area contributed by atoms with Gasteiger partial charge in [-0.25, -0.2) is 13.2 Å². The number of aromatic nitrogens is 2. The van der Waals surface area contributed by atoms with Crippen molar-refractivity contribution in [3.63, 3.8) is 0 Å². The summed E-state index contributed by atoms with van der Waals surface area (Å²) in [7, 11) is -2.11. The first-order valence-corrected chi connectivity index (χ1v) is 9.02. The fraction of sp³-hybridized carbons (Fsp3) is 0.133. The Kier molecular flexibility index (Phi) is 4.13. The molecule has 0 saturated carbocycles. The molecule has 1 aromatic heterocycles. The fourth-order valence-electron chi connectivity index (χ4n) is 2.28. The van der Waals surface area contributed by atoms with Crippen molar-refractivity contribution in [2.45, 2.75) is 11.4 Å². The Balaban J connectivity index is 1.91. The van der Waals surface area contributed by atoms with Crippen LogP contribution in [0.4, 0.5) is 0 Å². The minimum atomic E-state index is -3.64. The molecule has 0 bridgehead atoms. The number of aromatic amines is 2. The topological polar surface area (TPSA) is 86.0 Å². The van der Waals surface area contributed by atoms with Gasteiger partial charge in [0.15, 0.2) is 0 Å². The molecule has 8 heteroatoms. The van der Waals surface area contributed by atoms with Crippen LogP contribution in [0.25, 0.3) is 11.0 Å². The van der Waals surface area contributed by atoms with Gasteiger partial charge in [-0.2, -0.15) is 4.31 Å². The molecular formula is C15H14BrN3O3S. The molecule has 0 unspecified atom stereocenters. The van der Waals surface area contributed by atoms with Gasteiger partial charge in [-0.1, -0.05) is 28.1 Å². The van der Waals surface area contributed by atoms with E-state index in [-0.39, 0.29) is 17.1 Å². The fourth-order valence-corrected chi connectivity index (χ4v) is 3.73. The lowest BCUT2D eigenvalue weighted by atomic mass is 10.2. The number of sulfonamides is 1. The number of H-pyrrole nitrogens is 2. The number of halogens is 1. The maximum Gasteiger partial charge on any atom is 0.323 e. The molecule has 0 fully saturated rings. The van der Waals surface area contributed by atoms with E-state index in [2.05, 4.69) is 25.9 Å². The Labute approximate surface area is 141 Å². The first-order chi connectivity index (χ1) is 10.9. The number of hydrogen-bond donors (Lipinski definition) is 2. The zero-order valence-electron chi connectivity index (χ0n) is 12.2. The van der Waals surface area contributed by atoms with E-state index in [4.69, 9.17) is 0 Å². The van der Waals surface area contributed by atoms with Crippen LogP contribution in [0.1, 0.15) is 5.56 Å². The Hall–Kier alpha value is -1.90. The van der Waals surface area contributed by atoms with Crippen molar-refractivity contribution < 1.29 is 8.42 Å². The van der Waals surface area contributed by atoms with Gasteiger partial charge in [-0.15, -0.1) is 0 Å². The number of fused-ring (bicyclic) bond motifs is 1. The van der Waals surface area contributed by atoms with Gasteiger partial charge < -0.3 is 9.97 Å². The Morgan fingerprint density at radius 1 is 1.04 bits per heavy atom. The lowest BCUT2D eigenvalue weighted by Crippen LogP contribution is -2.26. The van der Waals surface area contributed by atoms with Crippen LogP contribution in [-0.2, 0) is 16.6 Å². The second kappa shape index (κ2) is 5.95. The zero-order chi connectivity index (χ0) is 16.6. The van der Waals surface area contributed by atoms with Gasteiger partial charge in [0.05, 0.1) is 15.9 Å². The second-order valence-electron chi connectivity index (χ2n) is 5.17. The molecular weight excluding hydrogens is 382 g/mol. The number of benzene rings is 2. The van der Waals surface area contributed by atoms with Crippen LogP contribution < -0.4 is 5.69 Å². The standard InChI is InChI=1S/C15H14BrN3O3S/c1-19(9-10-2-4-11(16)5-3-10)23(21,22)12-6-7-13-14(8-12)18-15(20)17-13/h2-8H,9H2,1H3,(H2,17,18,20). The highest BCUT2D eigenvalue weighted by atomic mass is 79.9. The normalized spacial score (nSPS) is 12.1. The van der Waals surface area contributed by atoms with Crippen LogP contribution in [0.3, 0.4) is 0 Å². The summed E-state index contributed by atoms with van der Waals surface area (Å²) in [4.78, 5) is 16.6. The van der Waals surface area contributed by atoms with Crippen molar-refractivity contribution in [1.29, 1.82) is 0 Å². The van der Waals surface area contributed by atoms with Crippen LogP contribution in [0.2, 0.25) is 0 Å². The molecule has 2 N–H and O–H groups in total. The minimum absolute atomic E-state index is 0.139. The maximum absolute atomic E-state index is 12.7. The van der Waals surface area contributed by atoms with Crippen molar-refractivity contribution in [2.24, 2.45) is 0 Å². The second-order valence-corrected chi connectivity index (χ2v) is 8.13. The van der Waals surface area contributed by atoms with Gasteiger partial charge in [-0.05, 0) is 35.9 Å². The molecule has 0 aliphatic carbocycles. The highest BCUT2D eigenvalue weighted by Crippen LogP contribution is 2.20. The molecule has 1 heterocycles. The van der Waals surface area contributed by atoms with Crippen molar-refractivity contribution in [1.82, 2.24) is 14.3 Å². The van der Waals surface area contributed by atoms with Crippen LogP contribution in [0.15, 0.2) is 56.6 Å². The Morgan fingerprint density at radius 3 is 2.39 bits per heavy atom. The molecule has 0 amide bonds. The van der Waals surface area contributed by atoms with Crippen LogP contribution in [0.5, 0.6) is 0 Å². The van der Waals surface area contributed by atoms with E-state index >= 15 is 0 Å². The SMILES string of the molecule is CN(Cc1ccc(Br)cc1)S(=O)(=O)c1ccc2[nH]c(=O)[nH]c2c1. The van der Waals surface area contributed by atoms with Gasteiger partial charge in [0.2, 0.25) is 10.0 Å². The minimum Gasteiger partial charge on any atom is -0.306 e. The third-order valence-corrected chi connectivity index (χ3v) is 5.84. The average Bonchev–Trinajstić information content (AvgIpc) is 2.88. The largest absolute Gasteiger partial charge is 0.323 e. The number of rotatable bonds is 4. The molecule has 3 aromatic rings. The first kappa shape index (κ1) is 16.0. The average molecular weight is 396 g/mol. The molecule has 3 rings (SSSR count). The maximum atomic E-state index is 12.7. The third-order valence-electron chi connectivity index (χ3n) is 3.51. The lowest BCUT2D eigenvalue weighted by molar-refractivity contribution is 0.467. The highest BCUT2D eigenvalue weighted by molar-refractivity contribution is 9.10. The van der Waals surface area contributed by atoms with Crippen LogP contribution >= 0.6 is 15.9 Å². The molecule has 0 atom stereocenters. The number of hydrogen-bond acceptors (Lipinski definition) is 3. The highest BCUT2D eigenvalue weighted by Gasteiger charge is 2.21. The summed E-state index contributed by atoms with van der Waals surface area (Å²) in [5.41, 5.74) is 1.56. The number of imidazole rings is 1. The summed E-state index contributed by atoms with van der Waals surface area (Å²) in [6, 6.07) is 12.0. The van der Waals surface area contributed by atoms with Gasteiger partial charge >= 0.3 is 5.69 Å². The zero-order valence-corrected chi connectivity index (χ0v) is 14.6. The molecule has 2 aromatic carbocycles. The summed E-state index contributed by atoms with van der Waals surface area (Å²) in [5.74, 6) is 0. The first-order valence-electron chi connectivity index (χ1n) is 6.79. The molecule has 6 nitrogen and oxygen atoms in total. The molecule has 0 spiro atoms. The van der Waals surface area contributed by atoms with Crippen LogP contribution in [-0.4, -0.2) is 29.7 Å². The Bertz CT molecular complexity index is 1010. The van der Waals surface area contributed by atoms with Gasteiger partial charge in [0.25, 0.3) is 0 Å². The molecule has 0 aliphatic rings. The summed E-state index contributed by atoms with van der Waals surface area (Å²) >= 11 is 3.35. The van der Waals surface area contributed by atoms with Gasteiger partial charge in [-0.3, -0.25) is 0 Å². The molecule has 120 valence electrons. The monoisotopic (exact) mass is 395 g/mol. The van der Waals surface area contributed by atoms with E-state index in [0.29, 0.717) is 11.0 Å². The summed E-state index contributed by atoms with van der Waals surface area (Å²) < 4.78 is 27.6. The number of nitrogens with one attached hydrogen (secondary N) is 2. The Morgan fingerprint density at radius 2 is 1.70 bits per heavy atom. The summed E-state index contributed by atoms with van der Waals surface area (Å²) in [6.45, 7) is 0.261. The summed E-state index contributed by atoms with van der Waals surface area (Å²) in [5, 5.41) is 0. The van der Waals surface area contributed by atoms with E-state index < -0.39 is 10.0 Å². The predicted molar refractivity (Wildman–Crippen MR) is 91.7 cm³/mol. The third kappa shape index (κ3) is 3.24. The van der Waals surface area contributed by atoms with E-state index in [9.17, 15) is 13.2 Å². The summed E-state index contributed by atoms with van der Waals surface area (Å²) in [6.07, 6.45) is 0. The predicted octanol–water partition coefficient (Wildman–Crippen LogP) is 2.44. The van der Waals surface area contributed by atoms with Gasteiger partial charge in [0, 0.05) is 18.1 Å². The molecule has 23 heavy (non-hydrogen) atoms. The molecule has 0 aliphatic heterocycles. The van der Waals surface area contributed by atoms with Crippen molar-refractivity contribution in [3.05, 3.63) is 63.0 Å². The van der Waals surface area contributed by atoms with E-state index in [0.717, 1.165) is 10.0 Å². The molecule has 0 saturated heterocycles. The lowest BCUT2D eigenvalue weighted by Gasteiger charge is -2.17. The van der Waals surface area contributed by atoms with Crippen molar-refractivity contribution >= 4 is 37.0 Å². The van der Waals surface area contributed by atoms with Crippen LogP contribution in [0, 0.1) is 0 Å². The van der Waals surface area contributed by atoms with E-state index in [1.807, 2.05) is 24.3 Å². The smallest absolute Gasteiger partial charge is 0.306 e. The van der Waals surface area contributed by atoms with Crippen molar-refractivity contribution in [3.8, 4) is 0 Å².